The Morgan fingerprint density at radius 2 is 1.96 bits per heavy atom. The van der Waals surface area contributed by atoms with E-state index in [1.54, 1.807) is 24.4 Å². The van der Waals surface area contributed by atoms with Gasteiger partial charge in [0.15, 0.2) is 0 Å². The van der Waals surface area contributed by atoms with Crippen LogP contribution in [0.2, 0.25) is 10.0 Å². The van der Waals surface area contributed by atoms with Crippen LogP contribution in [0.3, 0.4) is 0 Å². The molecule has 0 unspecified atom stereocenters. The van der Waals surface area contributed by atoms with Crippen molar-refractivity contribution in [2.45, 2.75) is 38.0 Å². The summed E-state index contributed by atoms with van der Waals surface area (Å²) in [5.74, 6) is 0.802. The van der Waals surface area contributed by atoms with Crippen LogP contribution in [0.4, 0.5) is 5.82 Å². The summed E-state index contributed by atoms with van der Waals surface area (Å²) in [7, 11) is 0. The van der Waals surface area contributed by atoms with Gasteiger partial charge in [0.1, 0.15) is 5.82 Å². The van der Waals surface area contributed by atoms with Crippen LogP contribution >= 0.6 is 39.1 Å². The minimum atomic E-state index is -0.261. The van der Waals surface area contributed by atoms with Crippen molar-refractivity contribution in [3.63, 3.8) is 0 Å². The number of anilines is 1. The first-order valence-corrected chi connectivity index (χ1v) is 9.95. The maximum Gasteiger partial charge on any atom is 0.233 e. The topological polar surface area (TPSA) is 42.0 Å². The molecule has 0 spiro atoms. The van der Waals surface area contributed by atoms with Crippen molar-refractivity contribution in [3.8, 4) is 0 Å². The van der Waals surface area contributed by atoms with Crippen molar-refractivity contribution in [3.05, 3.63) is 56.6 Å². The van der Waals surface area contributed by atoms with Gasteiger partial charge < -0.3 is 5.32 Å². The molecule has 3 rings (SSSR count). The zero-order chi connectivity index (χ0) is 17.8. The smallest absolute Gasteiger partial charge is 0.233 e. The molecule has 6 heteroatoms. The normalized spacial score (nSPS) is 16.0. The quantitative estimate of drug-likeness (QED) is 0.578. The second-order valence-corrected chi connectivity index (χ2v) is 8.19. The van der Waals surface area contributed by atoms with Gasteiger partial charge in [0.05, 0.1) is 16.0 Å². The van der Waals surface area contributed by atoms with Crippen LogP contribution < -0.4 is 5.32 Å². The molecule has 1 atom stereocenters. The van der Waals surface area contributed by atoms with Gasteiger partial charge in [0, 0.05) is 10.7 Å². The molecule has 1 aliphatic rings. The van der Waals surface area contributed by atoms with E-state index in [2.05, 4.69) is 26.2 Å². The van der Waals surface area contributed by atoms with Crippen LogP contribution in [0.25, 0.3) is 0 Å². The summed E-state index contributed by atoms with van der Waals surface area (Å²) in [6.07, 6.45) is 7.34. The largest absolute Gasteiger partial charge is 0.310 e. The third kappa shape index (κ3) is 4.96. The Morgan fingerprint density at radius 1 is 1.20 bits per heavy atom. The molecule has 1 N–H and O–H groups in total. The minimum absolute atomic E-state index is 0.0555. The molecule has 1 fully saturated rings. The summed E-state index contributed by atoms with van der Waals surface area (Å²) in [6.45, 7) is 0. The fourth-order valence-electron chi connectivity index (χ4n) is 3.37. The first-order valence-electron chi connectivity index (χ1n) is 8.40. The minimum Gasteiger partial charge on any atom is -0.310 e. The molecular weight excluding hydrogens is 423 g/mol. The lowest BCUT2D eigenvalue weighted by Gasteiger charge is -2.21. The second kappa shape index (κ2) is 8.52. The van der Waals surface area contributed by atoms with Gasteiger partial charge >= 0.3 is 0 Å². The number of carbonyl (C=O) groups is 1. The average molecular weight is 442 g/mol. The molecule has 25 heavy (non-hydrogen) atoms. The molecule has 1 aliphatic carbocycles. The van der Waals surface area contributed by atoms with Gasteiger partial charge in [-0.1, -0.05) is 55.0 Å². The third-order valence-corrected chi connectivity index (χ3v) is 5.89. The van der Waals surface area contributed by atoms with Gasteiger partial charge in [-0.3, -0.25) is 4.79 Å². The van der Waals surface area contributed by atoms with Crippen LogP contribution in [0, 0.1) is 5.92 Å². The summed E-state index contributed by atoms with van der Waals surface area (Å²) >= 11 is 15.6. The standard InChI is InChI=1S/C19H19BrCl2N2O/c20-14-6-8-18(23-11-14)24-19(25)15(9-12-3-1-2-4-12)13-5-7-16(21)17(22)10-13/h5-8,10-12,15H,1-4,9H2,(H,23,24,25)/t15-/m1/s1. The van der Waals surface area contributed by atoms with Crippen molar-refractivity contribution in [2.24, 2.45) is 5.92 Å². The maximum atomic E-state index is 12.9. The Bertz CT molecular complexity index is 746. The Hall–Kier alpha value is -1.10. The van der Waals surface area contributed by atoms with Gasteiger partial charge in [-0.05, 0) is 58.1 Å². The molecule has 0 radical (unpaired) electrons. The number of nitrogens with one attached hydrogen (secondary N) is 1. The van der Waals surface area contributed by atoms with E-state index in [1.807, 2.05) is 12.1 Å². The second-order valence-electron chi connectivity index (χ2n) is 6.46. The molecule has 2 aromatic rings. The first kappa shape index (κ1) is 18.7. The molecule has 0 saturated heterocycles. The molecule has 0 aliphatic heterocycles. The highest BCUT2D eigenvalue weighted by molar-refractivity contribution is 9.10. The maximum absolute atomic E-state index is 12.9. The van der Waals surface area contributed by atoms with E-state index in [-0.39, 0.29) is 11.8 Å². The van der Waals surface area contributed by atoms with Crippen molar-refractivity contribution in [1.82, 2.24) is 4.98 Å². The number of nitrogens with zero attached hydrogens (tertiary/aromatic N) is 1. The number of benzene rings is 1. The monoisotopic (exact) mass is 440 g/mol. The number of carbonyl (C=O) groups excluding carboxylic acids is 1. The van der Waals surface area contributed by atoms with Gasteiger partial charge in [-0.15, -0.1) is 0 Å². The van der Waals surface area contributed by atoms with Gasteiger partial charge in [-0.25, -0.2) is 4.98 Å². The number of amides is 1. The summed E-state index contributed by atoms with van der Waals surface area (Å²) in [6, 6.07) is 9.09. The Balaban J connectivity index is 1.82. The van der Waals surface area contributed by atoms with E-state index in [4.69, 9.17) is 23.2 Å². The fourth-order valence-corrected chi connectivity index (χ4v) is 3.91. The van der Waals surface area contributed by atoms with E-state index >= 15 is 0 Å². The zero-order valence-electron chi connectivity index (χ0n) is 13.6. The fraction of sp³-hybridized carbons (Fsp3) is 0.368. The molecule has 0 bridgehead atoms. The van der Waals surface area contributed by atoms with Gasteiger partial charge in [0.2, 0.25) is 5.91 Å². The highest BCUT2D eigenvalue weighted by atomic mass is 79.9. The molecule has 1 aromatic heterocycles. The van der Waals surface area contributed by atoms with Crippen molar-refractivity contribution in [1.29, 1.82) is 0 Å². The third-order valence-electron chi connectivity index (χ3n) is 4.68. The van der Waals surface area contributed by atoms with Crippen molar-refractivity contribution >= 4 is 50.9 Å². The van der Waals surface area contributed by atoms with Crippen LogP contribution in [-0.4, -0.2) is 10.9 Å². The van der Waals surface area contributed by atoms with E-state index < -0.39 is 0 Å². The number of hydrogen-bond donors (Lipinski definition) is 1. The summed E-state index contributed by atoms with van der Waals surface area (Å²) < 4.78 is 0.873. The number of rotatable bonds is 5. The predicted octanol–water partition coefficient (Wildman–Crippen LogP) is 6.45. The lowest BCUT2D eigenvalue weighted by Crippen LogP contribution is -2.23. The van der Waals surface area contributed by atoms with Crippen LogP contribution in [0.1, 0.15) is 43.6 Å². The summed E-state index contributed by atoms with van der Waals surface area (Å²) in [5, 5.41) is 3.91. The first-order chi connectivity index (χ1) is 12.0. The SMILES string of the molecule is O=C(Nc1ccc(Br)cn1)[C@H](CC1CCCC1)c1ccc(Cl)c(Cl)c1. The number of halogens is 3. The highest BCUT2D eigenvalue weighted by Crippen LogP contribution is 2.36. The molecule has 3 nitrogen and oxygen atoms in total. The Morgan fingerprint density at radius 3 is 2.60 bits per heavy atom. The van der Waals surface area contributed by atoms with Crippen LogP contribution in [0.5, 0.6) is 0 Å². The van der Waals surface area contributed by atoms with E-state index in [0.717, 1.165) is 16.5 Å². The number of pyridine rings is 1. The predicted molar refractivity (Wildman–Crippen MR) is 106 cm³/mol. The average Bonchev–Trinajstić information content (AvgIpc) is 3.10. The van der Waals surface area contributed by atoms with Gasteiger partial charge in [0.25, 0.3) is 0 Å². The molecule has 1 aromatic carbocycles. The summed E-state index contributed by atoms with van der Waals surface area (Å²) in [5.41, 5.74) is 0.899. The van der Waals surface area contributed by atoms with E-state index in [9.17, 15) is 4.79 Å². The Labute approximate surface area is 166 Å². The highest BCUT2D eigenvalue weighted by Gasteiger charge is 2.27. The molecule has 1 saturated carbocycles. The van der Waals surface area contributed by atoms with E-state index in [0.29, 0.717) is 21.8 Å². The molecule has 132 valence electrons. The molecular formula is C19H19BrCl2N2O. The lowest BCUT2D eigenvalue weighted by molar-refractivity contribution is -0.118. The van der Waals surface area contributed by atoms with Crippen molar-refractivity contribution < 1.29 is 4.79 Å². The zero-order valence-corrected chi connectivity index (χ0v) is 16.7. The summed E-state index contributed by atoms with van der Waals surface area (Å²) in [4.78, 5) is 17.2. The Kier molecular flexibility index (Phi) is 6.37. The molecule has 1 amide bonds. The van der Waals surface area contributed by atoms with Gasteiger partial charge in [-0.2, -0.15) is 0 Å². The lowest BCUT2D eigenvalue weighted by atomic mass is 9.87. The van der Waals surface area contributed by atoms with Crippen LogP contribution in [0.15, 0.2) is 41.0 Å². The number of hydrogen-bond acceptors (Lipinski definition) is 2. The van der Waals surface area contributed by atoms with Crippen LogP contribution in [-0.2, 0) is 4.79 Å². The molecule has 1 heterocycles. The number of aromatic nitrogens is 1. The van der Waals surface area contributed by atoms with Crippen molar-refractivity contribution in [2.75, 3.05) is 5.32 Å². The van der Waals surface area contributed by atoms with E-state index in [1.165, 1.54) is 25.7 Å².